The van der Waals surface area contributed by atoms with E-state index in [1.807, 2.05) is 4.90 Å². The highest BCUT2D eigenvalue weighted by molar-refractivity contribution is 5.86. The lowest BCUT2D eigenvalue weighted by atomic mass is 9.84. The lowest BCUT2D eigenvalue weighted by Gasteiger charge is -2.36. The zero-order chi connectivity index (χ0) is 14.8. The number of hydrogen-bond donors (Lipinski definition) is 1. The van der Waals surface area contributed by atoms with Gasteiger partial charge in [0.2, 0.25) is 11.8 Å². The van der Waals surface area contributed by atoms with Gasteiger partial charge in [-0.25, -0.2) is 0 Å². The summed E-state index contributed by atoms with van der Waals surface area (Å²) in [5.41, 5.74) is 0. The number of piperidine rings is 1. The van der Waals surface area contributed by atoms with Crippen molar-refractivity contribution in [1.29, 1.82) is 0 Å². The van der Waals surface area contributed by atoms with Crippen LogP contribution in [-0.2, 0) is 9.59 Å². The lowest BCUT2D eigenvalue weighted by molar-refractivity contribution is -0.146. The Bertz CT molecular complexity index is 408. The quantitative estimate of drug-likeness (QED) is 0.845. The predicted octanol–water partition coefficient (Wildman–Crippen LogP) is 1.27. The summed E-state index contributed by atoms with van der Waals surface area (Å²) in [6.07, 6.45) is 5.23. The topological polar surface area (TPSA) is 52.7 Å². The first-order valence-electron chi connectivity index (χ1n) is 8.43. The number of piperazine rings is 1. The molecule has 1 saturated carbocycles. The maximum atomic E-state index is 12.4. The standard InChI is InChI=1S/C16H27N3O2.ClH/c1-12(13-4-6-17-7-5-13)10-15(20)18-8-9-19(14-2-3-14)16(21)11-18;/h12-14,17H,2-11H2,1H3;1H. The Morgan fingerprint density at radius 2 is 1.91 bits per heavy atom. The van der Waals surface area contributed by atoms with E-state index in [9.17, 15) is 9.59 Å². The fourth-order valence-electron chi connectivity index (χ4n) is 3.66. The molecule has 1 unspecified atom stereocenters. The van der Waals surface area contributed by atoms with Crippen LogP contribution in [0.4, 0.5) is 0 Å². The highest BCUT2D eigenvalue weighted by atomic mass is 35.5. The van der Waals surface area contributed by atoms with Crippen molar-refractivity contribution >= 4 is 24.2 Å². The van der Waals surface area contributed by atoms with Gasteiger partial charge in [0.05, 0.1) is 6.54 Å². The highest BCUT2D eigenvalue weighted by Gasteiger charge is 2.37. The summed E-state index contributed by atoms with van der Waals surface area (Å²) in [5, 5.41) is 3.37. The number of carbonyl (C=O) groups is 2. The van der Waals surface area contributed by atoms with E-state index in [-0.39, 0.29) is 24.2 Å². The van der Waals surface area contributed by atoms with Crippen LogP contribution in [0, 0.1) is 11.8 Å². The van der Waals surface area contributed by atoms with Gasteiger partial charge in [0, 0.05) is 25.6 Å². The first kappa shape index (κ1) is 17.5. The Morgan fingerprint density at radius 3 is 2.50 bits per heavy atom. The lowest BCUT2D eigenvalue weighted by Crippen LogP contribution is -2.53. The normalized spacial score (nSPS) is 24.9. The summed E-state index contributed by atoms with van der Waals surface area (Å²) in [6.45, 7) is 6.09. The largest absolute Gasteiger partial charge is 0.336 e. The molecule has 2 aliphatic heterocycles. The molecule has 0 spiro atoms. The SMILES string of the molecule is CC(CC(=O)N1CCN(C2CC2)C(=O)C1)C1CCNCC1.Cl. The maximum absolute atomic E-state index is 12.4. The van der Waals surface area contributed by atoms with Gasteiger partial charge in [0.1, 0.15) is 0 Å². The summed E-state index contributed by atoms with van der Waals surface area (Å²) >= 11 is 0. The van der Waals surface area contributed by atoms with Gasteiger partial charge in [-0.15, -0.1) is 12.4 Å². The van der Waals surface area contributed by atoms with Gasteiger partial charge in [-0.05, 0) is 50.6 Å². The molecular formula is C16H28ClN3O2. The Morgan fingerprint density at radius 1 is 1.23 bits per heavy atom. The maximum Gasteiger partial charge on any atom is 0.242 e. The minimum Gasteiger partial charge on any atom is -0.336 e. The molecule has 3 aliphatic rings. The molecule has 0 aromatic rings. The van der Waals surface area contributed by atoms with Crippen LogP contribution in [0.5, 0.6) is 0 Å². The molecule has 0 radical (unpaired) electrons. The second-order valence-electron chi connectivity index (χ2n) is 6.90. The van der Waals surface area contributed by atoms with Crippen LogP contribution in [0.25, 0.3) is 0 Å². The molecule has 22 heavy (non-hydrogen) atoms. The van der Waals surface area contributed by atoms with E-state index < -0.39 is 0 Å². The summed E-state index contributed by atoms with van der Waals surface area (Å²) in [5.74, 6) is 1.39. The molecule has 2 saturated heterocycles. The van der Waals surface area contributed by atoms with E-state index in [1.165, 1.54) is 12.8 Å². The van der Waals surface area contributed by atoms with E-state index in [1.54, 1.807) is 4.90 Å². The van der Waals surface area contributed by atoms with E-state index in [2.05, 4.69) is 12.2 Å². The van der Waals surface area contributed by atoms with Gasteiger partial charge < -0.3 is 15.1 Å². The zero-order valence-corrected chi connectivity index (χ0v) is 14.2. The molecule has 5 nitrogen and oxygen atoms in total. The van der Waals surface area contributed by atoms with Crippen LogP contribution in [0.1, 0.15) is 39.0 Å². The van der Waals surface area contributed by atoms with Crippen LogP contribution in [-0.4, -0.2) is 60.4 Å². The van der Waals surface area contributed by atoms with Crippen molar-refractivity contribution in [3.8, 4) is 0 Å². The number of hydrogen-bond acceptors (Lipinski definition) is 3. The van der Waals surface area contributed by atoms with Crippen LogP contribution in [0.15, 0.2) is 0 Å². The molecule has 0 aromatic carbocycles. The zero-order valence-electron chi connectivity index (χ0n) is 13.4. The van der Waals surface area contributed by atoms with Gasteiger partial charge in [-0.1, -0.05) is 6.92 Å². The first-order chi connectivity index (χ1) is 10.1. The van der Waals surface area contributed by atoms with Crippen molar-refractivity contribution in [3.05, 3.63) is 0 Å². The monoisotopic (exact) mass is 329 g/mol. The van der Waals surface area contributed by atoms with Crippen LogP contribution in [0.2, 0.25) is 0 Å². The van der Waals surface area contributed by atoms with Crippen LogP contribution in [0.3, 0.4) is 0 Å². The first-order valence-corrected chi connectivity index (χ1v) is 8.43. The number of halogens is 1. The molecule has 0 aromatic heterocycles. The fourth-order valence-corrected chi connectivity index (χ4v) is 3.66. The second-order valence-corrected chi connectivity index (χ2v) is 6.90. The fraction of sp³-hybridized carbons (Fsp3) is 0.875. The third-order valence-corrected chi connectivity index (χ3v) is 5.28. The van der Waals surface area contributed by atoms with E-state index in [4.69, 9.17) is 0 Å². The van der Waals surface area contributed by atoms with Crippen molar-refractivity contribution in [2.24, 2.45) is 11.8 Å². The van der Waals surface area contributed by atoms with Crippen LogP contribution >= 0.6 is 12.4 Å². The van der Waals surface area contributed by atoms with E-state index in [0.29, 0.717) is 30.8 Å². The Kier molecular flexibility index (Phi) is 6.09. The van der Waals surface area contributed by atoms with Crippen molar-refractivity contribution in [3.63, 3.8) is 0 Å². The molecule has 1 aliphatic carbocycles. The number of carbonyl (C=O) groups excluding carboxylic acids is 2. The van der Waals surface area contributed by atoms with Gasteiger partial charge in [0.25, 0.3) is 0 Å². The predicted molar refractivity (Wildman–Crippen MR) is 87.9 cm³/mol. The molecule has 1 N–H and O–H groups in total. The minimum atomic E-state index is 0. The van der Waals surface area contributed by atoms with Gasteiger partial charge in [-0.2, -0.15) is 0 Å². The Labute approximate surface area is 139 Å². The van der Waals surface area contributed by atoms with Crippen molar-refractivity contribution < 1.29 is 9.59 Å². The smallest absolute Gasteiger partial charge is 0.242 e. The average Bonchev–Trinajstić information content (AvgIpc) is 3.32. The van der Waals surface area contributed by atoms with Crippen molar-refractivity contribution in [2.75, 3.05) is 32.7 Å². The molecule has 2 amide bonds. The number of amides is 2. The van der Waals surface area contributed by atoms with Gasteiger partial charge in [-0.3, -0.25) is 9.59 Å². The summed E-state index contributed by atoms with van der Waals surface area (Å²) < 4.78 is 0. The molecular weight excluding hydrogens is 302 g/mol. The summed E-state index contributed by atoms with van der Waals surface area (Å²) in [7, 11) is 0. The van der Waals surface area contributed by atoms with Crippen LogP contribution < -0.4 is 5.32 Å². The van der Waals surface area contributed by atoms with Crippen molar-refractivity contribution in [1.82, 2.24) is 15.1 Å². The summed E-state index contributed by atoms with van der Waals surface area (Å²) in [6, 6.07) is 0.475. The minimum absolute atomic E-state index is 0. The number of nitrogens with zero attached hydrogens (tertiary/aromatic N) is 2. The number of rotatable bonds is 4. The molecule has 3 fully saturated rings. The van der Waals surface area contributed by atoms with Gasteiger partial charge >= 0.3 is 0 Å². The molecule has 2 heterocycles. The highest BCUT2D eigenvalue weighted by Crippen LogP contribution is 2.29. The molecule has 126 valence electrons. The van der Waals surface area contributed by atoms with Gasteiger partial charge in [0.15, 0.2) is 0 Å². The average molecular weight is 330 g/mol. The Balaban J connectivity index is 0.00000176. The molecule has 1 atom stereocenters. The summed E-state index contributed by atoms with van der Waals surface area (Å²) in [4.78, 5) is 28.3. The van der Waals surface area contributed by atoms with Crippen molar-refractivity contribution in [2.45, 2.75) is 45.1 Å². The van der Waals surface area contributed by atoms with E-state index in [0.717, 1.165) is 39.0 Å². The third-order valence-electron chi connectivity index (χ3n) is 5.28. The molecule has 0 bridgehead atoms. The molecule has 6 heteroatoms. The Hall–Kier alpha value is -0.810. The molecule has 3 rings (SSSR count). The number of nitrogens with one attached hydrogen (secondary N) is 1. The van der Waals surface area contributed by atoms with E-state index >= 15 is 0 Å². The second kappa shape index (κ2) is 7.64. The third kappa shape index (κ3) is 4.13.